The summed E-state index contributed by atoms with van der Waals surface area (Å²) in [5.41, 5.74) is 0. The summed E-state index contributed by atoms with van der Waals surface area (Å²) in [4.78, 5) is 37.6. The maximum absolute atomic E-state index is 13.0. The third kappa shape index (κ3) is 71.4. The van der Waals surface area contributed by atoms with Crippen LogP contribution >= 0.6 is 0 Å². The Labute approximate surface area is 557 Å². The van der Waals surface area contributed by atoms with Gasteiger partial charge in [-0.25, -0.2) is 4.79 Å². The predicted molar refractivity (Wildman–Crippen MR) is 391 cm³/mol. The van der Waals surface area contributed by atoms with Crippen molar-refractivity contribution in [2.75, 3.05) is 47.5 Å². The van der Waals surface area contributed by atoms with Crippen molar-refractivity contribution in [1.29, 1.82) is 0 Å². The zero-order valence-corrected chi connectivity index (χ0v) is 58.2. The van der Waals surface area contributed by atoms with Crippen molar-refractivity contribution in [3.63, 3.8) is 0 Å². The summed E-state index contributed by atoms with van der Waals surface area (Å²) in [6.07, 6.45) is 105. The Morgan fingerprint density at radius 2 is 0.593 bits per heavy atom. The second-order valence-electron chi connectivity index (χ2n) is 24.1. The molecule has 510 valence electrons. The summed E-state index contributed by atoms with van der Waals surface area (Å²) in [6.45, 7) is 4.61. The number of allylic oxidation sites excluding steroid dienone is 32. The molecule has 0 aliphatic heterocycles. The molecule has 0 aliphatic rings. The third-order valence-electron chi connectivity index (χ3n) is 14.3. The van der Waals surface area contributed by atoms with Gasteiger partial charge in [-0.2, -0.15) is 0 Å². The minimum Gasteiger partial charge on any atom is -0.477 e. The maximum atomic E-state index is 13.0. The van der Waals surface area contributed by atoms with Crippen LogP contribution in [-0.4, -0.2) is 87.4 Å². The van der Waals surface area contributed by atoms with E-state index in [9.17, 15) is 19.5 Å². The second kappa shape index (κ2) is 70.0. The van der Waals surface area contributed by atoms with Gasteiger partial charge in [0.15, 0.2) is 6.10 Å². The number of aliphatic carboxylic acids is 1. The van der Waals surface area contributed by atoms with Crippen LogP contribution in [0, 0.1) is 0 Å². The van der Waals surface area contributed by atoms with Crippen LogP contribution in [0.25, 0.3) is 0 Å². The Morgan fingerprint density at radius 1 is 0.330 bits per heavy atom. The van der Waals surface area contributed by atoms with E-state index in [4.69, 9.17) is 18.9 Å². The SMILES string of the molecule is CC/C=C\C/C=C\C/C=C\C/C=C\C/C=C\C/C=C\C/C=C\C/C=C\C/C=C\C/C=C\C/C=C\CCCCCCCCCC(=O)OC(COC(=O)CCCCCCCCCCC/C=C\C/C=C\C/C=C\C/C=C\C/C=C\CC)COC(OCC[N+](C)(C)C)C(=O)O. The molecule has 0 aromatic heterocycles. The molecule has 0 bridgehead atoms. The van der Waals surface area contributed by atoms with Gasteiger partial charge in [-0.15, -0.1) is 0 Å². The molecule has 0 amide bonds. The van der Waals surface area contributed by atoms with Crippen LogP contribution in [0.1, 0.15) is 245 Å². The molecule has 2 atom stereocenters. The molecule has 0 aromatic carbocycles. The number of carbonyl (C=O) groups is 3. The van der Waals surface area contributed by atoms with E-state index in [1.54, 1.807) is 0 Å². The number of carbonyl (C=O) groups excluding carboxylic acids is 2. The fourth-order valence-corrected chi connectivity index (χ4v) is 8.99. The van der Waals surface area contributed by atoms with Crippen molar-refractivity contribution in [2.45, 2.75) is 257 Å². The normalized spacial score (nSPS) is 13.9. The lowest BCUT2D eigenvalue weighted by Crippen LogP contribution is -2.40. The summed E-state index contributed by atoms with van der Waals surface area (Å²) < 4.78 is 22.9. The molecule has 2 unspecified atom stereocenters. The minimum absolute atomic E-state index is 0.174. The number of hydrogen-bond donors (Lipinski definition) is 1. The molecule has 0 saturated heterocycles. The molecule has 0 aromatic rings. The van der Waals surface area contributed by atoms with Crippen molar-refractivity contribution in [3.8, 4) is 0 Å². The van der Waals surface area contributed by atoms with Crippen molar-refractivity contribution < 1.29 is 42.9 Å². The highest BCUT2D eigenvalue weighted by atomic mass is 16.7. The molecule has 0 fully saturated rings. The van der Waals surface area contributed by atoms with Crippen LogP contribution in [0.5, 0.6) is 0 Å². The van der Waals surface area contributed by atoms with Gasteiger partial charge in [0.25, 0.3) is 6.29 Å². The van der Waals surface area contributed by atoms with Crippen molar-refractivity contribution >= 4 is 17.9 Å². The van der Waals surface area contributed by atoms with Gasteiger partial charge in [-0.1, -0.05) is 285 Å². The van der Waals surface area contributed by atoms with Crippen LogP contribution in [0.4, 0.5) is 0 Å². The molecule has 91 heavy (non-hydrogen) atoms. The number of unbranched alkanes of at least 4 members (excludes halogenated alkanes) is 16. The van der Waals surface area contributed by atoms with Gasteiger partial charge in [0, 0.05) is 12.8 Å². The molecule has 9 heteroatoms. The minimum atomic E-state index is -1.53. The maximum Gasteiger partial charge on any atom is 0.361 e. The number of nitrogens with zero attached hydrogens (tertiary/aromatic N) is 1. The quantitative estimate of drug-likeness (QED) is 0.0211. The average Bonchev–Trinajstić information content (AvgIpc) is 3.53. The first-order valence-electron chi connectivity index (χ1n) is 35.6. The van der Waals surface area contributed by atoms with Crippen LogP contribution in [0.2, 0.25) is 0 Å². The Kier molecular flexibility index (Phi) is 65.5. The first-order valence-corrected chi connectivity index (χ1v) is 35.6. The molecule has 1 N–H and O–H groups in total. The fourth-order valence-electron chi connectivity index (χ4n) is 8.99. The molecule has 0 heterocycles. The van der Waals surface area contributed by atoms with Crippen LogP contribution in [0.3, 0.4) is 0 Å². The van der Waals surface area contributed by atoms with Crippen molar-refractivity contribution in [2.24, 2.45) is 0 Å². The number of esters is 2. The lowest BCUT2D eigenvalue weighted by atomic mass is 10.1. The first-order chi connectivity index (χ1) is 44.6. The third-order valence-corrected chi connectivity index (χ3v) is 14.3. The number of hydrogen-bond acceptors (Lipinski definition) is 7. The van der Waals surface area contributed by atoms with E-state index in [-0.39, 0.29) is 38.6 Å². The smallest absolute Gasteiger partial charge is 0.361 e. The Hall–Kier alpha value is -5.87. The predicted octanol–water partition coefficient (Wildman–Crippen LogP) is 22.6. The van der Waals surface area contributed by atoms with Crippen LogP contribution < -0.4 is 0 Å². The molecule has 9 nitrogen and oxygen atoms in total. The molecule has 0 radical (unpaired) electrons. The van der Waals surface area contributed by atoms with Crippen molar-refractivity contribution in [3.05, 3.63) is 194 Å². The lowest BCUT2D eigenvalue weighted by Gasteiger charge is -2.25. The van der Waals surface area contributed by atoms with E-state index in [0.29, 0.717) is 17.4 Å². The number of rotatable bonds is 63. The number of ether oxygens (including phenoxy) is 4. The second-order valence-corrected chi connectivity index (χ2v) is 24.1. The molecule has 0 aliphatic carbocycles. The van der Waals surface area contributed by atoms with E-state index in [1.165, 1.54) is 51.4 Å². The van der Waals surface area contributed by atoms with Crippen molar-refractivity contribution in [1.82, 2.24) is 0 Å². The van der Waals surface area contributed by atoms with Gasteiger partial charge < -0.3 is 28.5 Å². The van der Waals surface area contributed by atoms with E-state index in [2.05, 4.69) is 208 Å². The van der Waals surface area contributed by atoms with E-state index in [1.807, 2.05) is 21.1 Å². The molecular weight excluding hydrogens is 1130 g/mol. The largest absolute Gasteiger partial charge is 0.477 e. The zero-order valence-electron chi connectivity index (χ0n) is 58.2. The monoisotopic (exact) mass is 1260 g/mol. The fraction of sp³-hybridized carbons (Fsp3) is 0.573. The summed E-state index contributed by atoms with van der Waals surface area (Å²) in [5.74, 6) is -2.05. The Morgan fingerprint density at radius 3 is 0.879 bits per heavy atom. The highest BCUT2D eigenvalue weighted by Crippen LogP contribution is 2.15. The number of carboxylic acids is 1. The summed E-state index contributed by atoms with van der Waals surface area (Å²) in [7, 11) is 5.96. The van der Waals surface area contributed by atoms with Crippen LogP contribution in [0.15, 0.2) is 194 Å². The van der Waals surface area contributed by atoms with E-state index in [0.717, 1.165) is 161 Å². The van der Waals surface area contributed by atoms with E-state index >= 15 is 0 Å². The topological polar surface area (TPSA) is 108 Å². The number of quaternary nitrogens is 1. The van der Waals surface area contributed by atoms with Gasteiger partial charge in [0.2, 0.25) is 0 Å². The summed E-state index contributed by atoms with van der Waals surface area (Å²) >= 11 is 0. The Balaban J connectivity index is 4.22. The lowest BCUT2D eigenvalue weighted by molar-refractivity contribution is -0.870. The van der Waals surface area contributed by atoms with Gasteiger partial charge in [-0.05, 0) is 141 Å². The highest BCUT2D eigenvalue weighted by molar-refractivity contribution is 5.71. The van der Waals surface area contributed by atoms with Gasteiger partial charge in [0.1, 0.15) is 13.2 Å². The molecular formula is C82H130NO8+. The zero-order chi connectivity index (χ0) is 66.1. The summed E-state index contributed by atoms with van der Waals surface area (Å²) in [5, 5.41) is 9.75. The van der Waals surface area contributed by atoms with Crippen LogP contribution in [-0.2, 0) is 33.3 Å². The average molecular weight is 1260 g/mol. The van der Waals surface area contributed by atoms with E-state index < -0.39 is 24.3 Å². The first kappa shape index (κ1) is 85.1. The molecule has 0 spiro atoms. The number of likely N-dealkylation sites (N-methyl/N-ethyl adjacent to an activating group) is 1. The molecule has 0 saturated carbocycles. The van der Waals surface area contributed by atoms with Gasteiger partial charge in [-0.3, -0.25) is 9.59 Å². The van der Waals surface area contributed by atoms with Gasteiger partial charge in [0.05, 0.1) is 34.4 Å². The highest BCUT2D eigenvalue weighted by Gasteiger charge is 2.25. The standard InChI is InChI=1S/C82H129NO8/c1-6-8-10-12-14-16-18-20-22-24-26-28-30-32-33-34-35-36-37-38-39-40-41-42-43-44-45-46-47-49-51-53-55-57-59-61-63-65-67-69-71-73-80(85)91-78(77-90-82(81(86)87)88-75-74-83(3,4)5)76-89-79(84)72-70-68-66-64-62-60-58-56-54-52-50-48-31-29-27-25-23-21-19-17-15-13-11-9-7-2/h8-11,14-17,20-23,26-29,32-33,35-36,38-39,41-42,44-45,47-50,53,55,78,82H,6-7,12-13,18-19,24-25,30-31,34,37,40,43,46,51-52,54,56-77H2,1-5H3/p+1/b10-8-,11-9-,16-14-,17-15-,22-20-,23-21-,28-26-,29-27-,33-32-,36-35-,39-38-,42-41-,45-44-,49-47-,50-48-,55-53-. The molecule has 0 rings (SSSR count). The summed E-state index contributed by atoms with van der Waals surface area (Å²) in [6, 6.07) is 0. The Bertz CT molecular complexity index is 2200. The number of carboxylic acid groups (broad SMARTS) is 1. The van der Waals surface area contributed by atoms with Gasteiger partial charge >= 0.3 is 17.9 Å².